The van der Waals surface area contributed by atoms with Crippen LogP contribution >= 0.6 is 0 Å². The lowest BCUT2D eigenvalue weighted by atomic mass is 10.2. The summed E-state index contributed by atoms with van der Waals surface area (Å²) in [5.74, 6) is -0.615. The second-order valence-corrected chi connectivity index (χ2v) is 4.63. The van der Waals surface area contributed by atoms with Crippen LogP contribution in [0.25, 0.3) is 0 Å². The van der Waals surface area contributed by atoms with Gasteiger partial charge >= 0.3 is 6.61 Å². The van der Waals surface area contributed by atoms with Gasteiger partial charge in [-0.25, -0.2) is 0 Å². The number of hydrogen-bond donors (Lipinski definition) is 1. The van der Waals surface area contributed by atoms with E-state index >= 15 is 0 Å². The fourth-order valence-corrected chi connectivity index (χ4v) is 2.10. The molecule has 0 spiro atoms. The number of rotatable bonds is 6. The molecular formula is C15H17F2N3O2. The van der Waals surface area contributed by atoms with Crippen LogP contribution in [0.2, 0.25) is 0 Å². The molecule has 0 bridgehead atoms. The molecule has 5 nitrogen and oxygen atoms in total. The molecule has 0 aliphatic rings. The Bertz CT molecular complexity index is 656. The van der Waals surface area contributed by atoms with Gasteiger partial charge in [-0.2, -0.15) is 13.9 Å². The van der Waals surface area contributed by atoms with Crippen LogP contribution in [-0.4, -0.2) is 22.3 Å². The van der Waals surface area contributed by atoms with E-state index in [9.17, 15) is 13.6 Å². The van der Waals surface area contributed by atoms with Crippen LogP contribution in [0.4, 0.5) is 8.78 Å². The topological polar surface area (TPSA) is 56.2 Å². The molecule has 0 saturated heterocycles. The quantitative estimate of drug-likeness (QED) is 0.892. The summed E-state index contributed by atoms with van der Waals surface area (Å²) < 4.78 is 30.9. The third-order valence-corrected chi connectivity index (χ3v) is 3.29. The van der Waals surface area contributed by atoms with Gasteiger partial charge in [-0.1, -0.05) is 12.1 Å². The van der Waals surface area contributed by atoms with Gasteiger partial charge in [0, 0.05) is 24.3 Å². The minimum atomic E-state index is -2.97. The molecule has 1 heterocycles. The molecule has 0 fully saturated rings. The Morgan fingerprint density at radius 1 is 1.41 bits per heavy atom. The van der Waals surface area contributed by atoms with Crippen LogP contribution < -0.4 is 10.1 Å². The molecule has 1 aromatic carbocycles. The van der Waals surface area contributed by atoms with E-state index in [1.807, 2.05) is 18.5 Å². The minimum absolute atomic E-state index is 0.0725. The van der Waals surface area contributed by atoms with Crippen molar-refractivity contribution in [3.05, 3.63) is 47.3 Å². The molecule has 2 aromatic rings. The second kappa shape index (κ2) is 7.02. The fourth-order valence-electron chi connectivity index (χ4n) is 2.10. The average Bonchev–Trinajstić information content (AvgIpc) is 2.85. The van der Waals surface area contributed by atoms with Crippen LogP contribution in [0.5, 0.6) is 5.75 Å². The highest BCUT2D eigenvalue weighted by molar-refractivity contribution is 5.96. The van der Waals surface area contributed by atoms with Gasteiger partial charge in [0.2, 0.25) is 0 Å². The number of alkyl halides is 2. The maximum Gasteiger partial charge on any atom is 0.387 e. The molecule has 0 atom stereocenters. The Morgan fingerprint density at radius 2 is 2.14 bits per heavy atom. The molecule has 0 aliphatic carbocycles. The zero-order valence-corrected chi connectivity index (χ0v) is 12.3. The molecule has 7 heteroatoms. The van der Waals surface area contributed by atoms with Crippen molar-refractivity contribution in [1.29, 1.82) is 0 Å². The number of aryl methyl sites for hydroxylation is 1. The van der Waals surface area contributed by atoms with Gasteiger partial charge in [0.15, 0.2) is 0 Å². The maximum atomic E-state index is 12.3. The number of ether oxygens (including phenoxy) is 1. The van der Waals surface area contributed by atoms with Crippen molar-refractivity contribution < 1.29 is 18.3 Å². The van der Waals surface area contributed by atoms with Crippen LogP contribution in [0, 0.1) is 6.92 Å². The molecule has 1 amide bonds. The van der Waals surface area contributed by atoms with E-state index in [1.54, 1.807) is 12.3 Å². The lowest BCUT2D eigenvalue weighted by molar-refractivity contribution is -0.0501. The predicted octanol–water partition coefficient (Wildman–Crippen LogP) is 2.74. The zero-order valence-electron chi connectivity index (χ0n) is 12.3. The van der Waals surface area contributed by atoms with Crippen molar-refractivity contribution in [3.8, 4) is 5.75 Å². The van der Waals surface area contributed by atoms with Gasteiger partial charge in [-0.05, 0) is 26.0 Å². The molecule has 2 rings (SSSR count). The summed E-state index contributed by atoms with van der Waals surface area (Å²) >= 11 is 0. The normalized spacial score (nSPS) is 10.8. The Kier molecular flexibility index (Phi) is 5.08. The van der Waals surface area contributed by atoms with Crippen LogP contribution in [0.1, 0.15) is 28.5 Å². The Hall–Kier alpha value is -2.44. The molecule has 1 N–H and O–H groups in total. The highest BCUT2D eigenvalue weighted by atomic mass is 19.3. The van der Waals surface area contributed by atoms with E-state index in [0.717, 1.165) is 17.8 Å². The van der Waals surface area contributed by atoms with Gasteiger partial charge in [-0.15, -0.1) is 0 Å². The van der Waals surface area contributed by atoms with E-state index in [2.05, 4.69) is 15.2 Å². The summed E-state index contributed by atoms with van der Waals surface area (Å²) in [7, 11) is 0. The van der Waals surface area contributed by atoms with Gasteiger partial charge in [-0.3, -0.25) is 9.48 Å². The van der Waals surface area contributed by atoms with Crippen molar-refractivity contribution in [2.45, 2.75) is 33.5 Å². The number of nitrogens with zero attached hydrogens (tertiary/aromatic N) is 2. The van der Waals surface area contributed by atoms with Crippen molar-refractivity contribution in [2.75, 3.05) is 0 Å². The van der Waals surface area contributed by atoms with Crippen molar-refractivity contribution in [3.63, 3.8) is 0 Å². The van der Waals surface area contributed by atoms with Gasteiger partial charge < -0.3 is 10.1 Å². The third kappa shape index (κ3) is 3.60. The lowest BCUT2D eigenvalue weighted by Gasteiger charge is -2.10. The number of carbonyl (C=O) groups excluding carboxylic acids is 1. The first kappa shape index (κ1) is 15.9. The number of hydrogen-bond acceptors (Lipinski definition) is 3. The highest BCUT2D eigenvalue weighted by Crippen LogP contribution is 2.20. The molecule has 0 unspecified atom stereocenters. The SMILES string of the molecule is CCn1ncc(CNC(=O)c2ccccc2OC(F)F)c1C. The lowest BCUT2D eigenvalue weighted by Crippen LogP contribution is -2.24. The van der Waals surface area contributed by atoms with Crippen LogP contribution in [0.3, 0.4) is 0 Å². The molecule has 22 heavy (non-hydrogen) atoms. The Morgan fingerprint density at radius 3 is 2.77 bits per heavy atom. The van der Waals surface area contributed by atoms with Gasteiger partial charge in [0.05, 0.1) is 11.8 Å². The number of aromatic nitrogens is 2. The summed E-state index contributed by atoms with van der Waals surface area (Å²) in [6, 6.07) is 5.90. The first-order chi connectivity index (χ1) is 10.5. The number of halogens is 2. The standard InChI is InChI=1S/C15H17F2N3O2/c1-3-20-10(2)11(9-19-20)8-18-14(21)12-6-4-5-7-13(12)22-15(16)17/h4-7,9,15H,3,8H2,1-2H3,(H,18,21). The molecular weight excluding hydrogens is 292 g/mol. The smallest absolute Gasteiger partial charge is 0.387 e. The summed E-state index contributed by atoms with van der Waals surface area (Å²) in [6.07, 6.45) is 1.68. The van der Waals surface area contributed by atoms with Crippen molar-refractivity contribution >= 4 is 5.91 Å². The largest absolute Gasteiger partial charge is 0.434 e. The zero-order chi connectivity index (χ0) is 16.1. The summed E-state index contributed by atoms with van der Waals surface area (Å²) in [5, 5.41) is 6.87. The summed E-state index contributed by atoms with van der Waals surface area (Å²) in [5.41, 5.74) is 1.91. The molecule has 0 radical (unpaired) electrons. The Labute approximate surface area is 126 Å². The average molecular weight is 309 g/mol. The molecule has 0 saturated carbocycles. The summed E-state index contributed by atoms with van der Waals surface area (Å²) in [6.45, 7) is 1.92. The van der Waals surface area contributed by atoms with Gasteiger partial charge in [0.25, 0.3) is 5.91 Å². The number of para-hydroxylation sites is 1. The molecule has 1 aromatic heterocycles. The number of nitrogens with one attached hydrogen (secondary N) is 1. The third-order valence-electron chi connectivity index (χ3n) is 3.29. The van der Waals surface area contributed by atoms with Crippen molar-refractivity contribution in [1.82, 2.24) is 15.1 Å². The van der Waals surface area contributed by atoms with E-state index in [1.165, 1.54) is 18.2 Å². The van der Waals surface area contributed by atoms with E-state index in [4.69, 9.17) is 0 Å². The monoisotopic (exact) mass is 309 g/mol. The number of carbonyl (C=O) groups is 1. The highest BCUT2D eigenvalue weighted by Gasteiger charge is 2.15. The van der Waals surface area contributed by atoms with Crippen molar-refractivity contribution in [2.24, 2.45) is 0 Å². The van der Waals surface area contributed by atoms with E-state index < -0.39 is 12.5 Å². The molecule has 118 valence electrons. The Balaban J connectivity index is 2.08. The van der Waals surface area contributed by atoms with E-state index in [-0.39, 0.29) is 17.9 Å². The summed E-state index contributed by atoms with van der Waals surface area (Å²) in [4.78, 5) is 12.1. The van der Waals surface area contributed by atoms with Crippen LogP contribution in [0.15, 0.2) is 30.5 Å². The first-order valence-corrected chi connectivity index (χ1v) is 6.86. The second-order valence-electron chi connectivity index (χ2n) is 4.63. The maximum absolute atomic E-state index is 12.3. The fraction of sp³-hybridized carbons (Fsp3) is 0.333. The minimum Gasteiger partial charge on any atom is -0.434 e. The van der Waals surface area contributed by atoms with Gasteiger partial charge in [0.1, 0.15) is 5.75 Å². The predicted molar refractivity (Wildman–Crippen MR) is 76.9 cm³/mol. The van der Waals surface area contributed by atoms with E-state index in [0.29, 0.717) is 0 Å². The van der Waals surface area contributed by atoms with Crippen LogP contribution in [-0.2, 0) is 13.1 Å². The number of amides is 1. The number of benzene rings is 1. The molecule has 0 aliphatic heterocycles. The first-order valence-electron chi connectivity index (χ1n) is 6.86.